The van der Waals surface area contributed by atoms with Gasteiger partial charge in [-0.05, 0) is 35.7 Å². The molecule has 0 spiro atoms. The van der Waals surface area contributed by atoms with Crippen LogP contribution in [-0.4, -0.2) is 48.8 Å². The summed E-state index contributed by atoms with van der Waals surface area (Å²) >= 11 is 0. The van der Waals surface area contributed by atoms with Crippen molar-refractivity contribution in [3.05, 3.63) is 53.3 Å². The molecule has 0 saturated carbocycles. The molecule has 4 rings (SSSR count). The van der Waals surface area contributed by atoms with Crippen LogP contribution in [0.15, 0.2) is 36.4 Å². The molecule has 2 aromatic carbocycles. The van der Waals surface area contributed by atoms with Gasteiger partial charge in [0.15, 0.2) is 0 Å². The number of methoxy groups -OCH3 is 1. The van der Waals surface area contributed by atoms with Gasteiger partial charge in [-0.3, -0.25) is 9.69 Å². The standard InChI is InChI=1S/C21H22FNO5/c1-26-19-5-13(4-16(22)7-19)11-27-18-3-2-14-6-17(12-28-20(14)8-18)23-9-15(10-23)21(24)25/h2-5,7-8,15,17H,6,9-12H2,1H3,(H,24,25). The van der Waals surface area contributed by atoms with Gasteiger partial charge in [0.2, 0.25) is 0 Å². The van der Waals surface area contributed by atoms with E-state index in [1.54, 1.807) is 6.07 Å². The topological polar surface area (TPSA) is 68.2 Å². The van der Waals surface area contributed by atoms with Crippen LogP contribution in [0.3, 0.4) is 0 Å². The van der Waals surface area contributed by atoms with Gasteiger partial charge in [-0.25, -0.2) is 4.39 Å². The first kappa shape index (κ1) is 18.6. The average molecular weight is 387 g/mol. The lowest BCUT2D eigenvalue weighted by atomic mass is 9.93. The maximum atomic E-state index is 13.6. The van der Waals surface area contributed by atoms with E-state index in [0.717, 1.165) is 17.7 Å². The van der Waals surface area contributed by atoms with Gasteiger partial charge in [0.1, 0.15) is 36.3 Å². The quantitative estimate of drug-likeness (QED) is 0.822. The molecule has 0 amide bonds. The molecule has 0 radical (unpaired) electrons. The van der Waals surface area contributed by atoms with Crippen LogP contribution < -0.4 is 14.2 Å². The summed E-state index contributed by atoms with van der Waals surface area (Å²) < 4.78 is 30.3. The Labute approximate surface area is 162 Å². The summed E-state index contributed by atoms with van der Waals surface area (Å²) in [5.74, 6) is 0.518. The number of aliphatic carboxylic acids is 1. The lowest BCUT2D eigenvalue weighted by Crippen LogP contribution is -2.57. The number of rotatable bonds is 6. The van der Waals surface area contributed by atoms with E-state index in [2.05, 4.69) is 4.90 Å². The van der Waals surface area contributed by atoms with Gasteiger partial charge in [-0.1, -0.05) is 6.07 Å². The van der Waals surface area contributed by atoms with Crippen molar-refractivity contribution in [3.63, 3.8) is 0 Å². The van der Waals surface area contributed by atoms with Gasteiger partial charge in [0.05, 0.1) is 13.0 Å². The molecular formula is C21H22FNO5. The van der Waals surface area contributed by atoms with Crippen LogP contribution in [0.25, 0.3) is 0 Å². The van der Waals surface area contributed by atoms with Crippen molar-refractivity contribution in [2.75, 3.05) is 26.8 Å². The zero-order valence-corrected chi connectivity index (χ0v) is 15.6. The van der Waals surface area contributed by atoms with E-state index in [-0.39, 0.29) is 24.4 Å². The molecule has 1 unspecified atom stereocenters. The van der Waals surface area contributed by atoms with Crippen LogP contribution in [-0.2, 0) is 17.8 Å². The summed E-state index contributed by atoms with van der Waals surface area (Å²) in [6, 6.07) is 10.4. The Bertz CT molecular complexity index is 881. The number of likely N-dealkylation sites (tertiary alicyclic amines) is 1. The second kappa shape index (κ2) is 7.67. The molecule has 1 saturated heterocycles. The maximum Gasteiger partial charge on any atom is 0.309 e. The third kappa shape index (κ3) is 3.89. The molecule has 2 aromatic rings. The summed E-state index contributed by atoms with van der Waals surface area (Å²) in [7, 11) is 1.50. The summed E-state index contributed by atoms with van der Waals surface area (Å²) in [6.45, 7) is 1.91. The molecule has 1 N–H and O–H groups in total. The number of carboxylic acid groups (broad SMARTS) is 1. The zero-order valence-electron chi connectivity index (χ0n) is 15.6. The molecule has 1 fully saturated rings. The lowest BCUT2D eigenvalue weighted by molar-refractivity contribution is -0.149. The molecule has 0 aromatic heterocycles. The molecule has 1 atom stereocenters. The highest BCUT2D eigenvalue weighted by Crippen LogP contribution is 2.33. The number of fused-ring (bicyclic) bond motifs is 1. The summed E-state index contributed by atoms with van der Waals surface area (Å²) in [6.07, 6.45) is 0.822. The van der Waals surface area contributed by atoms with Crippen LogP contribution >= 0.6 is 0 Å². The number of halogens is 1. The van der Waals surface area contributed by atoms with Gasteiger partial charge in [0.25, 0.3) is 0 Å². The Hall–Kier alpha value is -2.80. The normalized spacial score (nSPS) is 19.3. The third-order valence-electron chi connectivity index (χ3n) is 5.27. The van der Waals surface area contributed by atoms with Crippen molar-refractivity contribution in [1.82, 2.24) is 4.90 Å². The first-order valence-electron chi connectivity index (χ1n) is 9.20. The number of ether oxygens (including phenoxy) is 3. The second-order valence-corrected chi connectivity index (χ2v) is 7.22. The van der Waals surface area contributed by atoms with Crippen LogP contribution in [0.2, 0.25) is 0 Å². The molecule has 2 aliphatic heterocycles. The maximum absolute atomic E-state index is 13.6. The van der Waals surface area contributed by atoms with Crippen molar-refractivity contribution in [1.29, 1.82) is 0 Å². The fourth-order valence-electron chi connectivity index (χ4n) is 3.62. The van der Waals surface area contributed by atoms with E-state index in [4.69, 9.17) is 19.3 Å². The monoisotopic (exact) mass is 387 g/mol. The van der Waals surface area contributed by atoms with E-state index in [9.17, 15) is 9.18 Å². The van der Waals surface area contributed by atoms with Crippen LogP contribution in [0.1, 0.15) is 11.1 Å². The van der Waals surface area contributed by atoms with Gasteiger partial charge >= 0.3 is 5.97 Å². The fraction of sp³-hybridized carbons (Fsp3) is 0.381. The Morgan fingerprint density at radius 2 is 2.07 bits per heavy atom. The van der Waals surface area contributed by atoms with E-state index in [1.807, 2.05) is 18.2 Å². The van der Waals surface area contributed by atoms with E-state index < -0.39 is 5.97 Å². The molecule has 28 heavy (non-hydrogen) atoms. The first-order valence-corrected chi connectivity index (χ1v) is 9.20. The highest BCUT2D eigenvalue weighted by atomic mass is 19.1. The third-order valence-corrected chi connectivity index (χ3v) is 5.27. The van der Waals surface area contributed by atoms with Gasteiger partial charge in [0, 0.05) is 31.3 Å². The molecule has 0 bridgehead atoms. The second-order valence-electron chi connectivity index (χ2n) is 7.22. The van der Waals surface area contributed by atoms with Crippen LogP contribution in [0.4, 0.5) is 4.39 Å². The molecular weight excluding hydrogens is 365 g/mol. The van der Waals surface area contributed by atoms with Gasteiger partial charge < -0.3 is 19.3 Å². The average Bonchev–Trinajstić information content (AvgIpc) is 2.64. The largest absolute Gasteiger partial charge is 0.497 e. The molecule has 148 valence electrons. The molecule has 2 heterocycles. The van der Waals surface area contributed by atoms with Gasteiger partial charge in [-0.2, -0.15) is 0 Å². The van der Waals surface area contributed by atoms with Crippen LogP contribution in [0, 0.1) is 11.7 Å². The smallest absolute Gasteiger partial charge is 0.309 e. The SMILES string of the molecule is COc1cc(F)cc(COc2ccc3c(c2)OCC(N2CC(C(=O)O)C2)C3)c1. The molecule has 6 nitrogen and oxygen atoms in total. The number of nitrogens with zero attached hydrogens (tertiary/aromatic N) is 1. The van der Waals surface area contributed by atoms with Crippen molar-refractivity contribution >= 4 is 5.97 Å². The van der Waals surface area contributed by atoms with Crippen molar-refractivity contribution < 1.29 is 28.5 Å². The summed E-state index contributed by atoms with van der Waals surface area (Å²) in [4.78, 5) is 13.1. The number of benzene rings is 2. The Morgan fingerprint density at radius 3 is 2.82 bits per heavy atom. The molecule has 0 aliphatic carbocycles. The van der Waals surface area contributed by atoms with E-state index >= 15 is 0 Å². The number of carbonyl (C=O) groups is 1. The fourth-order valence-corrected chi connectivity index (χ4v) is 3.62. The van der Waals surface area contributed by atoms with E-state index in [1.165, 1.54) is 19.2 Å². The summed E-state index contributed by atoms with van der Waals surface area (Å²) in [5.41, 5.74) is 1.76. The number of hydrogen-bond donors (Lipinski definition) is 1. The van der Waals surface area contributed by atoms with E-state index in [0.29, 0.717) is 36.8 Å². The molecule has 7 heteroatoms. The zero-order chi connectivity index (χ0) is 19.7. The predicted molar refractivity (Wildman–Crippen MR) is 99.4 cm³/mol. The molecule has 2 aliphatic rings. The Balaban J connectivity index is 1.36. The minimum Gasteiger partial charge on any atom is -0.497 e. The number of carboxylic acids is 1. The van der Waals surface area contributed by atoms with Crippen molar-refractivity contribution in [3.8, 4) is 17.2 Å². The number of hydrogen-bond acceptors (Lipinski definition) is 5. The first-order chi connectivity index (χ1) is 13.5. The van der Waals surface area contributed by atoms with Crippen molar-refractivity contribution in [2.45, 2.75) is 19.1 Å². The van der Waals surface area contributed by atoms with Crippen molar-refractivity contribution in [2.24, 2.45) is 5.92 Å². The summed E-state index contributed by atoms with van der Waals surface area (Å²) in [5, 5.41) is 9.02. The highest BCUT2D eigenvalue weighted by Gasteiger charge is 2.38. The minimum absolute atomic E-state index is 0.203. The van der Waals surface area contributed by atoms with Crippen LogP contribution in [0.5, 0.6) is 17.2 Å². The highest BCUT2D eigenvalue weighted by molar-refractivity contribution is 5.71. The van der Waals surface area contributed by atoms with Gasteiger partial charge in [-0.15, -0.1) is 0 Å². The minimum atomic E-state index is -0.730. The Kier molecular flexibility index (Phi) is 5.09. The Morgan fingerprint density at radius 1 is 1.25 bits per heavy atom. The predicted octanol–water partition coefficient (Wildman–Crippen LogP) is 2.73. The lowest BCUT2D eigenvalue weighted by Gasteiger charge is -2.43.